The Morgan fingerprint density at radius 3 is 2.48 bits per heavy atom. The molecule has 0 saturated heterocycles. The molecule has 4 nitrogen and oxygen atoms in total. The van der Waals surface area contributed by atoms with Crippen LogP contribution in [0.25, 0.3) is 0 Å². The number of nitrogens with one attached hydrogen (secondary N) is 1. The van der Waals surface area contributed by atoms with Crippen molar-refractivity contribution in [2.45, 2.75) is 18.7 Å². The van der Waals surface area contributed by atoms with Crippen molar-refractivity contribution in [3.8, 4) is 0 Å². The number of nitrogens with zero attached hydrogens (tertiary/aromatic N) is 1. The van der Waals surface area contributed by atoms with E-state index in [9.17, 15) is 18.4 Å². The number of anilines is 1. The van der Waals surface area contributed by atoms with Crippen LogP contribution in [0.2, 0.25) is 5.02 Å². The second-order valence-corrected chi connectivity index (χ2v) is 7.64. The summed E-state index contributed by atoms with van der Waals surface area (Å²) >= 11 is 7.15. The number of halogens is 3. The molecule has 0 aromatic heterocycles. The maximum atomic E-state index is 13.9. The number of benzene rings is 2. The predicted molar refractivity (Wildman–Crippen MR) is 105 cm³/mol. The molecule has 0 aliphatic carbocycles. The average Bonchev–Trinajstić information content (AvgIpc) is 2.64. The van der Waals surface area contributed by atoms with E-state index in [1.165, 1.54) is 41.3 Å². The zero-order valence-electron chi connectivity index (χ0n) is 14.8. The lowest BCUT2D eigenvalue weighted by Gasteiger charge is -2.22. The van der Waals surface area contributed by atoms with Crippen LogP contribution in [0.15, 0.2) is 42.5 Å². The normalized spacial score (nSPS) is 11.7. The minimum absolute atomic E-state index is 0.0387. The molecular formula is C19H19ClF2N2O2S. The van der Waals surface area contributed by atoms with Crippen molar-refractivity contribution in [1.29, 1.82) is 0 Å². The van der Waals surface area contributed by atoms with Gasteiger partial charge in [-0.05, 0) is 43.3 Å². The van der Waals surface area contributed by atoms with Gasteiger partial charge in [0, 0.05) is 29.9 Å². The van der Waals surface area contributed by atoms with E-state index in [2.05, 4.69) is 5.32 Å². The third kappa shape index (κ3) is 6.22. The van der Waals surface area contributed by atoms with Gasteiger partial charge in [-0.25, -0.2) is 8.78 Å². The highest BCUT2D eigenvalue weighted by Crippen LogP contribution is 2.22. The van der Waals surface area contributed by atoms with Gasteiger partial charge in [0.05, 0.1) is 11.0 Å². The molecule has 144 valence electrons. The summed E-state index contributed by atoms with van der Waals surface area (Å²) in [7, 11) is 1.56. The molecule has 0 fully saturated rings. The van der Waals surface area contributed by atoms with E-state index in [1.807, 2.05) is 0 Å². The van der Waals surface area contributed by atoms with Crippen LogP contribution in [-0.4, -0.2) is 34.8 Å². The first-order valence-corrected chi connectivity index (χ1v) is 9.55. The summed E-state index contributed by atoms with van der Waals surface area (Å²) in [6.45, 7) is 1.72. The van der Waals surface area contributed by atoms with E-state index in [4.69, 9.17) is 11.6 Å². The molecule has 2 aromatic carbocycles. The van der Waals surface area contributed by atoms with Crippen LogP contribution in [0.5, 0.6) is 0 Å². The highest BCUT2D eigenvalue weighted by molar-refractivity contribution is 8.01. The highest BCUT2D eigenvalue weighted by atomic mass is 35.5. The fourth-order valence-corrected chi connectivity index (χ4v) is 3.33. The minimum atomic E-state index is -0.500. The van der Waals surface area contributed by atoms with Crippen LogP contribution < -0.4 is 5.32 Å². The molecule has 0 aliphatic heterocycles. The quantitative estimate of drug-likeness (QED) is 0.736. The van der Waals surface area contributed by atoms with Gasteiger partial charge in [-0.1, -0.05) is 17.7 Å². The monoisotopic (exact) mass is 412 g/mol. The van der Waals surface area contributed by atoms with Crippen LogP contribution in [-0.2, 0) is 16.1 Å². The van der Waals surface area contributed by atoms with Gasteiger partial charge in [0.25, 0.3) is 0 Å². The molecule has 0 spiro atoms. The van der Waals surface area contributed by atoms with E-state index >= 15 is 0 Å². The molecule has 2 amide bonds. The number of rotatable bonds is 7. The molecule has 27 heavy (non-hydrogen) atoms. The average molecular weight is 413 g/mol. The fraction of sp³-hybridized carbons (Fsp3) is 0.263. The van der Waals surface area contributed by atoms with E-state index in [0.717, 1.165) is 11.8 Å². The zero-order chi connectivity index (χ0) is 20.0. The van der Waals surface area contributed by atoms with Gasteiger partial charge in [0.15, 0.2) is 0 Å². The molecule has 8 heteroatoms. The van der Waals surface area contributed by atoms with Crippen LogP contribution in [0.1, 0.15) is 12.5 Å². The summed E-state index contributed by atoms with van der Waals surface area (Å²) in [5, 5.41) is 2.39. The second kappa shape index (κ2) is 9.71. The number of thioether (sulfide) groups is 1. The van der Waals surface area contributed by atoms with Gasteiger partial charge in [-0.3, -0.25) is 9.59 Å². The molecule has 2 aromatic rings. The molecule has 1 atom stereocenters. The first-order valence-electron chi connectivity index (χ1n) is 8.13. The summed E-state index contributed by atoms with van der Waals surface area (Å²) in [5.74, 6) is -1.35. The highest BCUT2D eigenvalue weighted by Gasteiger charge is 2.21. The Kier molecular flexibility index (Phi) is 7.62. The van der Waals surface area contributed by atoms with E-state index in [-0.39, 0.29) is 40.5 Å². The molecule has 0 bridgehead atoms. The van der Waals surface area contributed by atoms with Crippen LogP contribution in [0.4, 0.5) is 14.5 Å². The molecule has 0 radical (unpaired) electrons. The number of carbonyl (C=O) groups excluding carboxylic acids is 2. The first kappa shape index (κ1) is 21.2. The van der Waals surface area contributed by atoms with E-state index < -0.39 is 11.1 Å². The lowest BCUT2D eigenvalue weighted by atomic mass is 10.2. The Morgan fingerprint density at radius 1 is 1.19 bits per heavy atom. The first-order chi connectivity index (χ1) is 12.8. The van der Waals surface area contributed by atoms with Crippen molar-refractivity contribution in [2.24, 2.45) is 0 Å². The Morgan fingerprint density at radius 2 is 1.85 bits per heavy atom. The molecule has 0 saturated carbocycles. The Hall–Kier alpha value is -2.12. The third-order valence-corrected chi connectivity index (χ3v) is 5.26. The molecular weight excluding hydrogens is 394 g/mol. The molecule has 1 N–H and O–H groups in total. The van der Waals surface area contributed by atoms with Gasteiger partial charge in [0.1, 0.15) is 11.6 Å². The lowest BCUT2D eigenvalue weighted by molar-refractivity contribution is -0.129. The van der Waals surface area contributed by atoms with Crippen molar-refractivity contribution in [2.75, 3.05) is 18.1 Å². The third-order valence-electron chi connectivity index (χ3n) is 3.77. The van der Waals surface area contributed by atoms with Crippen molar-refractivity contribution in [3.05, 3.63) is 64.7 Å². The van der Waals surface area contributed by atoms with Gasteiger partial charge in [-0.2, -0.15) is 0 Å². The van der Waals surface area contributed by atoms with E-state index in [0.29, 0.717) is 5.69 Å². The number of carbonyl (C=O) groups is 2. The van der Waals surface area contributed by atoms with Crippen LogP contribution >= 0.6 is 23.4 Å². The molecule has 0 aliphatic rings. The Balaban J connectivity index is 1.85. The predicted octanol–water partition coefficient (Wildman–Crippen LogP) is 4.34. The Bertz CT molecular complexity index is 798. The fourth-order valence-electron chi connectivity index (χ4n) is 2.31. The topological polar surface area (TPSA) is 49.4 Å². The number of hydrogen-bond donors (Lipinski definition) is 1. The molecule has 2 rings (SSSR count). The van der Waals surface area contributed by atoms with Gasteiger partial charge in [0.2, 0.25) is 11.8 Å². The maximum Gasteiger partial charge on any atom is 0.235 e. The SMILES string of the molecule is CC(SCC(=O)Nc1ccc(F)cc1)C(=O)N(C)Cc1c(F)cccc1Cl. The zero-order valence-corrected chi connectivity index (χ0v) is 16.4. The molecule has 0 heterocycles. The van der Waals surface area contributed by atoms with Crippen LogP contribution in [0.3, 0.4) is 0 Å². The Labute approximate surface area is 165 Å². The lowest BCUT2D eigenvalue weighted by Crippen LogP contribution is -2.34. The van der Waals surface area contributed by atoms with Crippen molar-refractivity contribution in [1.82, 2.24) is 4.90 Å². The second-order valence-electron chi connectivity index (χ2n) is 5.90. The van der Waals surface area contributed by atoms with Crippen molar-refractivity contribution < 1.29 is 18.4 Å². The summed E-state index contributed by atoms with van der Waals surface area (Å²) < 4.78 is 26.7. The summed E-state index contributed by atoms with van der Waals surface area (Å²) in [5.41, 5.74) is 0.730. The minimum Gasteiger partial charge on any atom is -0.340 e. The van der Waals surface area contributed by atoms with E-state index in [1.54, 1.807) is 20.0 Å². The molecule has 1 unspecified atom stereocenters. The van der Waals surface area contributed by atoms with Gasteiger partial charge >= 0.3 is 0 Å². The number of amides is 2. The van der Waals surface area contributed by atoms with Crippen molar-refractivity contribution in [3.63, 3.8) is 0 Å². The maximum absolute atomic E-state index is 13.9. The van der Waals surface area contributed by atoms with Crippen molar-refractivity contribution >= 4 is 40.9 Å². The summed E-state index contributed by atoms with van der Waals surface area (Å²) in [6.07, 6.45) is 0. The van der Waals surface area contributed by atoms with Crippen LogP contribution in [0, 0.1) is 11.6 Å². The number of hydrogen-bond acceptors (Lipinski definition) is 3. The largest absolute Gasteiger partial charge is 0.340 e. The summed E-state index contributed by atoms with van der Waals surface area (Å²) in [6, 6.07) is 9.77. The van der Waals surface area contributed by atoms with Gasteiger partial charge in [-0.15, -0.1) is 11.8 Å². The standard InChI is InChI=1S/C19H19ClF2N2O2S/c1-12(27-11-18(25)23-14-8-6-13(21)7-9-14)19(26)24(2)10-15-16(20)4-3-5-17(15)22/h3-9,12H,10-11H2,1-2H3,(H,23,25). The smallest absolute Gasteiger partial charge is 0.235 e. The summed E-state index contributed by atoms with van der Waals surface area (Å²) in [4.78, 5) is 25.8. The van der Waals surface area contributed by atoms with Gasteiger partial charge < -0.3 is 10.2 Å².